The van der Waals surface area contributed by atoms with Crippen LogP contribution >= 0.6 is 0 Å². The van der Waals surface area contributed by atoms with Gasteiger partial charge in [-0.25, -0.2) is 4.68 Å². The molecule has 1 N–H and O–H groups in total. The summed E-state index contributed by atoms with van der Waals surface area (Å²) in [5, 5.41) is 11.3. The van der Waals surface area contributed by atoms with Crippen molar-refractivity contribution < 1.29 is 9.64 Å². The fourth-order valence-electron chi connectivity index (χ4n) is 1.46. The van der Waals surface area contributed by atoms with Gasteiger partial charge in [-0.05, 0) is 10.4 Å². The topological polar surface area (TPSA) is 57.3 Å². The van der Waals surface area contributed by atoms with Gasteiger partial charge in [-0.2, -0.15) is 0 Å². The Morgan fingerprint density at radius 1 is 1.46 bits per heavy atom. The fourth-order valence-corrected chi connectivity index (χ4v) is 1.46. The van der Waals surface area contributed by atoms with Crippen LogP contribution in [0.4, 0.5) is 0 Å². The van der Waals surface area contributed by atoms with Crippen molar-refractivity contribution in [3.05, 3.63) is 5.82 Å². The molecule has 0 atom stereocenters. The third-order valence-corrected chi connectivity index (χ3v) is 2.32. The Balaban J connectivity index is 1.93. The van der Waals surface area contributed by atoms with Crippen LogP contribution in [-0.2, 0) is 18.3 Å². The molecular formula is C7H14N5O+. The minimum atomic E-state index is 0.848. The number of quaternary nitrogens is 1. The lowest BCUT2D eigenvalue weighted by Gasteiger charge is -2.22. The molecule has 6 nitrogen and oxygen atoms in total. The zero-order valence-corrected chi connectivity index (χ0v) is 7.73. The Labute approximate surface area is 76.5 Å². The summed E-state index contributed by atoms with van der Waals surface area (Å²) >= 11 is 0. The van der Waals surface area contributed by atoms with E-state index in [4.69, 9.17) is 4.74 Å². The average molecular weight is 184 g/mol. The molecule has 1 aliphatic rings. The number of morpholine rings is 1. The third kappa shape index (κ3) is 2.02. The van der Waals surface area contributed by atoms with Gasteiger partial charge in [-0.3, -0.25) is 0 Å². The van der Waals surface area contributed by atoms with E-state index in [0.29, 0.717) is 0 Å². The van der Waals surface area contributed by atoms with Crippen LogP contribution < -0.4 is 4.90 Å². The highest BCUT2D eigenvalue weighted by molar-refractivity contribution is 4.73. The van der Waals surface area contributed by atoms with E-state index in [-0.39, 0.29) is 0 Å². The highest BCUT2D eigenvalue weighted by Crippen LogP contribution is 1.85. The predicted molar refractivity (Wildman–Crippen MR) is 44.0 cm³/mol. The summed E-state index contributed by atoms with van der Waals surface area (Å²) in [5.74, 6) is 0.942. The van der Waals surface area contributed by atoms with Crippen molar-refractivity contribution in [3.8, 4) is 0 Å². The van der Waals surface area contributed by atoms with Crippen LogP contribution in [0.15, 0.2) is 0 Å². The van der Waals surface area contributed by atoms with E-state index in [1.54, 1.807) is 4.68 Å². The highest BCUT2D eigenvalue weighted by Gasteiger charge is 2.16. The molecule has 13 heavy (non-hydrogen) atoms. The molecule has 2 rings (SSSR count). The van der Waals surface area contributed by atoms with Crippen molar-refractivity contribution in [2.45, 2.75) is 6.54 Å². The molecular weight excluding hydrogens is 170 g/mol. The summed E-state index contributed by atoms with van der Waals surface area (Å²) in [5.41, 5.74) is 0. The van der Waals surface area contributed by atoms with E-state index in [1.165, 1.54) is 4.90 Å². The molecule has 1 aliphatic heterocycles. The first kappa shape index (κ1) is 8.58. The molecule has 0 saturated carbocycles. The summed E-state index contributed by atoms with van der Waals surface area (Å²) in [6.45, 7) is 4.69. The number of nitrogens with one attached hydrogen (secondary N) is 1. The van der Waals surface area contributed by atoms with Crippen molar-refractivity contribution in [2.24, 2.45) is 7.05 Å². The average Bonchev–Trinajstić information content (AvgIpc) is 2.54. The number of tetrazole rings is 1. The minimum Gasteiger partial charge on any atom is -0.370 e. The van der Waals surface area contributed by atoms with E-state index in [1.807, 2.05) is 7.05 Å². The van der Waals surface area contributed by atoms with Crippen LogP contribution in [0, 0.1) is 0 Å². The Morgan fingerprint density at radius 2 is 2.23 bits per heavy atom. The molecule has 1 fully saturated rings. The zero-order valence-electron chi connectivity index (χ0n) is 7.73. The Kier molecular flexibility index (Phi) is 2.51. The molecule has 1 saturated heterocycles. The molecule has 6 heteroatoms. The molecule has 72 valence electrons. The van der Waals surface area contributed by atoms with Crippen molar-refractivity contribution >= 4 is 0 Å². The number of nitrogens with zero attached hydrogens (tertiary/aromatic N) is 4. The maximum Gasteiger partial charge on any atom is 0.205 e. The van der Waals surface area contributed by atoms with Gasteiger partial charge in [0.1, 0.15) is 19.6 Å². The smallest absolute Gasteiger partial charge is 0.205 e. The van der Waals surface area contributed by atoms with Crippen LogP contribution in [0.1, 0.15) is 5.82 Å². The van der Waals surface area contributed by atoms with E-state index < -0.39 is 0 Å². The monoisotopic (exact) mass is 184 g/mol. The summed E-state index contributed by atoms with van der Waals surface area (Å²) < 4.78 is 6.99. The van der Waals surface area contributed by atoms with Gasteiger partial charge >= 0.3 is 0 Å². The number of hydrogen-bond acceptors (Lipinski definition) is 4. The Bertz CT molecular complexity index is 268. The van der Waals surface area contributed by atoms with Crippen LogP contribution in [0.25, 0.3) is 0 Å². The maximum atomic E-state index is 5.27. The molecule has 0 amide bonds. The van der Waals surface area contributed by atoms with E-state index in [0.717, 1.165) is 38.7 Å². The van der Waals surface area contributed by atoms with Gasteiger partial charge in [0.2, 0.25) is 5.82 Å². The van der Waals surface area contributed by atoms with Gasteiger partial charge in [0.15, 0.2) is 0 Å². The molecule has 0 spiro atoms. The molecule has 0 aliphatic carbocycles. The summed E-state index contributed by atoms with van der Waals surface area (Å²) in [6.07, 6.45) is 0. The van der Waals surface area contributed by atoms with E-state index in [9.17, 15) is 0 Å². The van der Waals surface area contributed by atoms with Gasteiger partial charge < -0.3 is 9.64 Å². The SMILES string of the molecule is Cn1nnnc1C[NH+]1CCOCC1. The van der Waals surface area contributed by atoms with Gasteiger partial charge in [0.25, 0.3) is 0 Å². The number of aromatic nitrogens is 4. The highest BCUT2D eigenvalue weighted by atomic mass is 16.5. The largest absolute Gasteiger partial charge is 0.370 e. The summed E-state index contributed by atoms with van der Waals surface area (Å²) in [7, 11) is 1.87. The number of ether oxygens (including phenoxy) is 1. The van der Waals surface area contributed by atoms with Crippen molar-refractivity contribution in [1.82, 2.24) is 20.2 Å². The lowest BCUT2D eigenvalue weighted by atomic mass is 10.4. The normalized spacial score (nSPS) is 19.2. The minimum absolute atomic E-state index is 0.848. The van der Waals surface area contributed by atoms with Crippen LogP contribution in [0.3, 0.4) is 0 Å². The standard InChI is InChI=1S/C7H13N5O/c1-11-7(8-9-10-11)6-12-2-4-13-5-3-12/h2-6H2,1H3/p+1. The molecule has 1 aromatic heterocycles. The lowest BCUT2D eigenvalue weighted by molar-refractivity contribution is -0.922. The van der Waals surface area contributed by atoms with E-state index >= 15 is 0 Å². The predicted octanol–water partition coefficient (Wildman–Crippen LogP) is -2.37. The fraction of sp³-hybridized carbons (Fsp3) is 0.857. The van der Waals surface area contributed by atoms with Crippen molar-refractivity contribution in [3.63, 3.8) is 0 Å². The molecule has 0 bridgehead atoms. The zero-order chi connectivity index (χ0) is 9.10. The van der Waals surface area contributed by atoms with Crippen LogP contribution in [0.5, 0.6) is 0 Å². The first-order chi connectivity index (χ1) is 6.36. The number of hydrogen-bond donors (Lipinski definition) is 1. The molecule has 0 aromatic carbocycles. The van der Waals surface area contributed by atoms with Crippen molar-refractivity contribution in [1.29, 1.82) is 0 Å². The Morgan fingerprint density at radius 3 is 2.85 bits per heavy atom. The summed E-state index contributed by atoms with van der Waals surface area (Å²) in [6, 6.07) is 0. The number of aryl methyl sites for hydroxylation is 1. The van der Waals surface area contributed by atoms with Gasteiger partial charge in [0, 0.05) is 7.05 Å². The molecule has 1 aromatic rings. The van der Waals surface area contributed by atoms with Gasteiger partial charge in [-0.1, -0.05) is 0 Å². The van der Waals surface area contributed by atoms with Crippen molar-refractivity contribution in [2.75, 3.05) is 26.3 Å². The Hall–Kier alpha value is -1.01. The van der Waals surface area contributed by atoms with Gasteiger partial charge in [0.05, 0.1) is 13.2 Å². The maximum absolute atomic E-state index is 5.27. The quantitative estimate of drug-likeness (QED) is 0.558. The second kappa shape index (κ2) is 3.80. The first-order valence-corrected chi connectivity index (χ1v) is 4.49. The van der Waals surface area contributed by atoms with E-state index in [2.05, 4.69) is 15.5 Å². The number of rotatable bonds is 2. The lowest BCUT2D eigenvalue weighted by Crippen LogP contribution is -3.12. The third-order valence-electron chi connectivity index (χ3n) is 2.32. The molecule has 0 radical (unpaired) electrons. The molecule has 2 heterocycles. The second-order valence-corrected chi connectivity index (χ2v) is 3.26. The summed E-state index contributed by atoms with van der Waals surface area (Å²) in [4.78, 5) is 1.49. The first-order valence-electron chi connectivity index (χ1n) is 4.49. The molecule has 0 unspecified atom stereocenters. The van der Waals surface area contributed by atoms with Crippen LogP contribution in [0.2, 0.25) is 0 Å². The van der Waals surface area contributed by atoms with Crippen LogP contribution in [-0.4, -0.2) is 46.5 Å². The van der Waals surface area contributed by atoms with Gasteiger partial charge in [-0.15, -0.1) is 5.10 Å². The second-order valence-electron chi connectivity index (χ2n) is 3.26.